The Morgan fingerprint density at radius 1 is 0.383 bits per heavy atom. The summed E-state index contributed by atoms with van der Waals surface area (Å²) in [6.45, 7) is 0. The third kappa shape index (κ3) is 4.08. The molecular formula is C46H39N. The molecule has 4 fully saturated rings. The highest BCUT2D eigenvalue weighted by Crippen LogP contribution is 2.69. The minimum atomic E-state index is 0.172. The van der Waals surface area contributed by atoms with Crippen molar-refractivity contribution in [2.45, 2.75) is 37.5 Å². The van der Waals surface area contributed by atoms with Gasteiger partial charge in [0.05, 0.1) is 0 Å². The third-order valence-corrected chi connectivity index (χ3v) is 12.3. The molecule has 0 heterocycles. The first-order chi connectivity index (χ1) is 23.3. The van der Waals surface area contributed by atoms with E-state index in [1.165, 1.54) is 76.6 Å². The summed E-state index contributed by atoms with van der Waals surface area (Å²) in [6.07, 6.45) is 7.11. The van der Waals surface area contributed by atoms with Crippen molar-refractivity contribution in [3.8, 4) is 44.5 Å². The Hall–Kier alpha value is -4.88. The molecule has 11 rings (SSSR count). The molecule has 0 unspecified atom stereocenters. The molecule has 1 nitrogen and oxygen atoms in total. The maximum atomic E-state index is 3.85. The molecule has 1 heteroatoms. The van der Waals surface area contributed by atoms with Crippen molar-refractivity contribution in [1.29, 1.82) is 0 Å². The minimum Gasteiger partial charge on any atom is -0.355 e. The van der Waals surface area contributed by atoms with Gasteiger partial charge in [-0.15, -0.1) is 0 Å². The predicted molar refractivity (Wildman–Crippen MR) is 196 cm³/mol. The van der Waals surface area contributed by atoms with E-state index >= 15 is 0 Å². The van der Waals surface area contributed by atoms with Crippen LogP contribution in [0.4, 0.5) is 11.4 Å². The molecule has 0 atom stereocenters. The lowest BCUT2D eigenvalue weighted by atomic mass is 9.43. The lowest BCUT2D eigenvalue weighted by Crippen LogP contribution is -2.55. The van der Waals surface area contributed by atoms with E-state index in [4.69, 9.17) is 0 Å². The molecule has 0 aliphatic heterocycles. The van der Waals surface area contributed by atoms with Crippen LogP contribution in [0.2, 0.25) is 0 Å². The van der Waals surface area contributed by atoms with Gasteiger partial charge in [0, 0.05) is 27.9 Å². The van der Waals surface area contributed by atoms with Crippen molar-refractivity contribution in [2.75, 3.05) is 5.32 Å². The monoisotopic (exact) mass is 605 g/mol. The van der Waals surface area contributed by atoms with Crippen LogP contribution in [0.1, 0.15) is 43.2 Å². The summed E-state index contributed by atoms with van der Waals surface area (Å²) in [5, 5.41) is 3.85. The van der Waals surface area contributed by atoms with Crippen LogP contribution < -0.4 is 5.32 Å². The maximum absolute atomic E-state index is 3.85. The molecule has 4 bridgehead atoms. The van der Waals surface area contributed by atoms with Crippen LogP contribution in [0, 0.1) is 23.7 Å². The van der Waals surface area contributed by atoms with Crippen molar-refractivity contribution in [3.05, 3.63) is 157 Å². The van der Waals surface area contributed by atoms with Crippen molar-refractivity contribution in [1.82, 2.24) is 0 Å². The van der Waals surface area contributed by atoms with Gasteiger partial charge in [-0.05, 0) is 118 Å². The molecule has 1 spiro atoms. The van der Waals surface area contributed by atoms with Crippen molar-refractivity contribution < 1.29 is 0 Å². The zero-order chi connectivity index (χ0) is 31.0. The molecular weight excluding hydrogens is 567 g/mol. The van der Waals surface area contributed by atoms with Gasteiger partial charge in [-0.3, -0.25) is 0 Å². The minimum absolute atomic E-state index is 0.172. The predicted octanol–water partition coefficient (Wildman–Crippen LogP) is 12.2. The highest BCUT2D eigenvalue weighted by Gasteiger charge is 2.61. The number of anilines is 2. The summed E-state index contributed by atoms with van der Waals surface area (Å²) < 4.78 is 0. The first kappa shape index (κ1) is 27.3. The fourth-order valence-corrected chi connectivity index (χ4v) is 10.7. The quantitative estimate of drug-likeness (QED) is 0.206. The number of fused-ring (bicyclic) bond motifs is 3. The topological polar surface area (TPSA) is 12.0 Å². The maximum Gasteiger partial charge on any atom is 0.0464 e. The summed E-state index contributed by atoms with van der Waals surface area (Å²) in [5.74, 6) is 3.42. The van der Waals surface area contributed by atoms with Crippen LogP contribution >= 0.6 is 0 Å². The largest absolute Gasteiger partial charge is 0.355 e. The van der Waals surface area contributed by atoms with Crippen LogP contribution in [0.15, 0.2) is 146 Å². The number of para-hydroxylation sites is 2. The summed E-state index contributed by atoms with van der Waals surface area (Å²) in [4.78, 5) is 0. The van der Waals surface area contributed by atoms with Gasteiger partial charge in [0.25, 0.3) is 0 Å². The number of rotatable bonds is 5. The Bertz CT molecular complexity index is 2110. The fourth-order valence-electron chi connectivity index (χ4n) is 10.7. The average molecular weight is 606 g/mol. The molecule has 6 aromatic rings. The van der Waals surface area contributed by atoms with E-state index in [1.54, 1.807) is 11.1 Å². The first-order valence-electron chi connectivity index (χ1n) is 17.6. The molecule has 0 aromatic heterocycles. The van der Waals surface area contributed by atoms with E-state index in [2.05, 4.69) is 151 Å². The number of benzene rings is 6. The molecule has 0 saturated heterocycles. The van der Waals surface area contributed by atoms with E-state index < -0.39 is 0 Å². The summed E-state index contributed by atoms with van der Waals surface area (Å²) >= 11 is 0. The summed E-state index contributed by atoms with van der Waals surface area (Å²) in [5.41, 5.74) is 16.2. The van der Waals surface area contributed by atoms with Crippen molar-refractivity contribution >= 4 is 11.4 Å². The van der Waals surface area contributed by atoms with E-state index in [0.29, 0.717) is 0 Å². The van der Waals surface area contributed by atoms with Crippen LogP contribution in [0.5, 0.6) is 0 Å². The van der Waals surface area contributed by atoms with Crippen LogP contribution in [0.25, 0.3) is 44.5 Å². The van der Waals surface area contributed by atoms with Crippen LogP contribution in [0.3, 0.4) is 0 Å². The van der Waals surface area contributed by atoms with Crippen LogP contribution in [-0.2, 0) is 5.41 Å². The van der Waals surface area contributed by atoms with Gasteiger partial charge in [-0.2, -0.15) is 0 Å². The summed E-state index contributed by atoms with van der Waals surface area (Å²) in [6, 6.07) is 54.0. The third-order valence-electron chi connectivity index (χ3n) is 12.3. The van der Waals surface area contributed by atoms with Gasteiger partial charge in [-0.25, -0.2) is 0 Å². The summed E-state index contributed by atoms with van der Waals surface area (Å²) in [7, 11) is 0. The normalized spacial score (nSPS) is 24.7. The highest BCUT2D eigenvalue weighted by atomic mass is 14.9. The van der Waals surface area contributed by atoms with E-state index in [-0.39, 0.29) is 5.41 Å². The van der Waals surface area contributed by atoms with E-state index in [1.807, 2.05) is 0 Å². The second-order valence-electron chi connectivity index (χ2n) is 14.6. The number of hydrogen-bond acceptors (Lipinski definition) is 1. The Morgan fingerprint density at radius 3 is 1.64 bits per heavy atom. The average Bonchev–Trinajstić information content (AvgIpc) is 3.41. The standard InChI is InChI=1S/C46H39N/c1-2-12-32(13-3-1)37-15-7-10-20-44(37)47-45-21-11-8-18-41(45)38-16-5-4-14-36(38)33-22-23-40-39-17-6-9-19-42(39)46(43(40)29-33)34-25-30-24-31(27-34)28-35(46)26-30/h1-23,29-31,34-35,47H,24-28H2. The lowest BCUT2D eigenvalue weighted by molar-refractivity contribution is -0.0399. The van der Waals surface area contributed by atoms with Gasteiger partial charge >= 0.3 is 0 Å². The molecule has 228 valence electrons. The second kappa shape index (κ2) is 10.6. The van der Waals surface area contributed by atoms with E-state index in [9.17, 15) is 0 Å². The number of hydrogen-bond donors (Lipinski definition) is 1. The second-order valence-corrected chi connectivity index (χ2v) is 14.6. The molecule has 1 N–H and O–H groups in total. The molecule has 6 aromatic carbocycles. The zero-order valence-corrected chi connectivity index (χ0v) is 26.7. The lowest BCUT2D eigenvalue weighted by Gasteiger charge is -2.61. The smallest absolute Gasteiger partial charge is 0.0464 e. The molecule has 4 saturated carbocycles. The highest BCUT2D eigenvalue weighted by molar-refractivity contribution is 5.94. The fraction of sp³-hybridized carbons (Fsp3) is 0.217. The Labute approximate surface area is 278 Å². The zero-order valence-electron chi connectivity index (χ0n) is 26.7. The Kier molecular flexibility index (Phi) is 6.13. The SMILES string of the molecule is c1ccc(-c2ccccc2Nc2ccccc2-c2ccccc2-c2ccc3c(c2)C2(c4ccccc4-3)C3CC4CC(C3)CC2C4)cc1. The van der Waals surface area contributed by atoms with Gasteiger partial charge in [-0.1, -0.05) is 127 Å². The molecule has 0 amide bonds. The van der Waals surface area contributed by atoms with Crippen molar-refractivity contribution in [3.63, 3.8) is 0 Å². The van der Waals surface area contributed by atoms with Gasteiger partial charge < -0.3 is 5.32 Å². The Morgan fingerprint density at radius 2 is 0.915 bits per heavy atom. The molecule has 0 radical (unpaired) electrons. The van der Waals surface area contributed by atoms with Crippen molar-refractivity contribution in [2.24, 2.45) is 23.7 Å². The molecule has 5 aliphatic carbocycles. The van der Waals surface area contributed by atoms with Gasteiger partial charge in [0.2, 0.25) is 0 Å². The number of nitrogens with one attached hydrogen (secondary N) is 1. The van der Waals surface area contributed by atoms with Crippen LogP contribution in [-0.4, -0.2) is 0 Å². The Balaban J connectivity index is 1.10. The van der Waals surface area contributed by atoms with Gasteiger partial charge in [0.15, 0.2) is 0 Å². The molecule has 47 heavy (non-hydrogen) atoms. The van der Waals surface area contributed by atoms with E-state index in [0.717, 1.165) is 35.0 Å². The van der Waals surface area contributed by atoms with Gasteiger partial charge in [0.1, 0.15) is 0 Å². The first-order valence-corrected chi connectivity index (χ1v) is 17.6. The molecule has 5 aliphatic rings.